The second kappa shape index (κ2) is 24.6. The predicted octanol–water partition coefficient (Wildman–Crippen LogP) is 5.91. The van der Waals surface area contributed by atoms with E-state index in [2.05, 4.69) is 84.3 Å². The van der Waals surface area contributed by atoms with Crippen molar-refractivity contribution in [2.75, 3.05) is 26.2 Å². The second-order valence-corrected chi connectivity index (χ2v) is 13.7. The van der Waals surface area contributed by atoms with E-state index in [1.807, 2.05) is 12.1 Å². The molecule has 4 aromatic carbocycles. The van der Waals surface area contributed by atoms with Gasteiger partial charge in [0.05, 0.1) is 0 Å². The van der Waals surface area contributed by atoms with Crippen LogP contribution >= 0.6 is 63.7 Å². The van der Waals surface area contributed by atoms with Crippen LogP contribution in [0.4, 0.5) is 0 Å². The zero-order valence-corrected chi connectivity index (χ0v) is 38.5. The Morgan fingerprint density at radius 1 is 0.500 bits per heavy atom. The molecule has 0 aliphatic heterocycles. The second-order valence-electron chi connectivity index (χ2n) is 10.00. The topological polar surface area (TPSA) is 141 Å². The van der Waals surface area contributed by atoms with Crippen molar-refractivity contribution < 1.29 is 59.4 Å². The molecule has 244 valence electrons. The van der Waals surface area contributed by atoms with Crippen molar-refractivity contribution in [3.05, 3.63) is 113 Å². The van der Waals surface area contributed by atoms with Gasteiger partial charge in [-0.3, -0.25) is 9.98 Å². The minimum absolute atomic E-state index is 0. The number of nitrogens with zero attached hydrogens (tertiary/aromatic N) is 2. The summed E-state index contributed by atoms with van der Waals surface area (Å²) in [5.41, 5.74) is 2.65. The standard InChI is InChI=1S/2C17H18Br2N2O2.2Zn/c2*18-14-2-4-16(22)12(8-14)10-20-6-1-7-21-11-13-9-15(19)3-5-17(13)23;;/h2*2-5,8-10,21-23H,1,6-7,11H2;;/q;;2*+2/p-4. The summed E-state index contributed by atoms with van der Waals surface area (Å²) in [5.74, 6) is 0.00751. The Labute approximate surface area is 341 Å². The SMILES string of the molecule is [O-]c1ccc(Br)cc1C=NCCCNCc1cc(Br)ccc1[O-].[O-]c1ccc(Br)cc1C=NCCCNCc1cc(Br)ccc1[O-].[Zn+2].[Zn+2]. The Morgan fingerprint density at radius 2 is 0.833 bits per heavy atom. The molecular weight excluding hydrogens is 979 g/mol. The fourth-order valence-corrected chi connectivity index (χ4v) is 5.55. The number of benzene rings is 4. The van der Waals surface area contributed by atoms with E-state index in [0.29, 0.717) is 37.3 Å². The molecule has 0 bridgehead atoms. The molecule has 0 atom stereocenters. The van der Waals surface area contributed by atoms with E-state index in [-0.39, 0.29) is 62.0 Å². The molecule has 48 heavy (non-hydrogen) atoms. The van der Waals surface area contributed by atoms with Crippen LogP contribution in [0.2, 0.25) is 0 Å². The number of nitrogens with one attached hydrogen (secondary N) is 2. The van der Waals surface area contributed by atoms with Crippen LogP contribution < -0.4 is 31.1 Å². The zero-order valence-electron chi connectivity index (χ0n) is 26.2. The van der Waals surface area contributed by atoms with Gasteiger partial charge in [-0.15, -0.1) is 11.5 Å². The molecule has 4 rings (SSSR count). The Hall–Kier alpha value is -1.49. The van der Waals surface area contributed by atoms with Crippen molar-refractivity contribution in [1.82, 2.24) is 10.6 Å². The number of aliphatic imine (C=N–C) groups is 2. The Kier molecular flexibility index (Phi) is 22.8. The molecule has 0 aliphatic carbocycles. The maximum Gasteiger partial charge on any atom is 2.00 e. The third-order valence-corrected chi connectivity index (χ3v) is 8.33. The monoisotopic (exact) mass is 1000 g/mol. The molecule has 14 heteroatoms. The van der Waals surface area contributed by atoms with Crippen molar-refractivity contribution in [2.45, 2.75) is 25.9 Å². The number of hydrogen-bond acceptors (Lipinski definition) is 8. The van der Waals surface area contributed by atoms with E-state index in [1.54, 1.807) is 61.0 Å². The average Bonchev–Trinajstić information content (AvgIpc) is 3.03. The average molecular weight is 1010 g/mol. The molecule has 0 aliphatic rings. The molecular formula is C34H32Br4N4O4Zn2. The van der Waals surface area contributed by atoms with Crippen LogP contribution in [0, 0.1) is 0 Å². The molecule has 8 nitrogen and oxygen atoms in total. The summed E-state index contributed by atoms with van der Waals surface area (Å²) >= 11 is 13.4. The quantitative estimate of drug-likeness (QED) is 0.0916. The van der Waals surface area contributed by atoms with Gasteiger partial charge in [-0.1, -0.05) is 99.5 Å². The largest absolute Gasteiger partial charge is 2.00 e. The summed E-state index contributed by atoms with van der Waals surface area (Å²) in [6.07, 6.45) is 4.88. The van der Waals surface area contributed by atoms with Crippen LogP contribution in [-0.2, 0) is 52.0 Å². The van der Waals surface area contributed by atoms with Gasteiger partial charge in [0.2, 0.25) is 0 Å². The van der Waals surface area contributed by atoms with E-state index in [0.717, 1.165) is 54.9 Å². The van der Waals surface area contributed by atoms with Crippen LogP contribution in [-0.4, -0.2) is 38.6 Å². The Balaban J connectivity index is 0.000000461. The van der Waals surface area contributed by atoms with Gasteiger partial charge in [0.1, 0.15) is 0 Å². The first kappa shape index (κ1) is 44.5. The summed E-state index contributed by atoms with van der Waals surface area (Å²) in [5, 5.41) is 52.9. The van der Waals surface area contributed by atoms with Gasteiger partial charge in [0, 0.05) is 56.5 Å². The van der Waals surface area contributed by atoms with Crippen molar-refractivity contribution in [3.63, 3.8) is 0 Å². The molecule has 0 fully saturated rings. The van der Waals surface area contributed by atoms with Crippen LogP contribution in [0.1, 0.15) is 35.1 Å². The molecule has 0 aromatic heterocycles. The van der Waals surface area contributed by atoms with Gasteiger partial charge >= 0.3 is 39.0 Å². The molecule has 0 saturated heterocycles. The fourth-order valence-electron chi connectivity index (χ4n) is 3.98. The van der Waals surface area contributed by atoms with E-state index < -0.39 is 0 Å². The zero-order chi connectivity index (χ0) is 33.3. The molecule has 2 N–H and O–H groups in total. The first-order valence-corrected chi connectivity index (χ1v) is 17.5. The van der Waals surface area contributed by atoms with Crippen molar-refractivity contribution >= 4 is 76.1 Å². The summed E-state index contributed by atoms with van der Waals surface area (Å²) in [6, 6.07) is 20.3. The summed E-state index contributed by atoms with van der Waals surface area (Å²) in [6.45, 7) is 3.85. The molecule has 0 amide bonds. The minimum atomic E-state index is -0.0345. The first-order valence-electron chi connectivity index (χ1n) is 14.4. The van der Waals surface area contributed by atoms with Crippen molar-refractivity contribution in [1.29, 1.82) is 0 Å². The smallest absolute Gasteiger partial charge is 0.872 e. The molecule has 0 saturated carbocycles. The Morgan fingerprint density at radius 3 is 1.21 bits per heavy atom. The van der Waals surface area contributed by atoms with E-state index >= 15 is 0 Å². The van der Waals surface area contributed by atoms with E-state index in [9.17, 15) is 20.4 Å². The first-order chi connectivity index (χ1) is 22.1. The van der Waals surface area contributed by atoms with Crippen LogP contribution in [0.15, 0.2) is 101 Å². The van der Waals surface area contributed by atoms with Crippen molar-refractivity contribution in [2.24, 2.45) is 9.98 Å². The van der Waals surface area contributed by atoms with Crippen LogP contribution in [0.3, 0.4) is 0 Å². The van der Waals surface area contributed by atoms with Gasteiger partial charge in [-0.2, -0.15) is 0 Å². The summed E-state index contributed by atoms with van der Waals surface area (Å²) in [7, 11) is 0. The maximum atomic E-state index is 11.6. The molecule has 0 radical (unpaired) electrons. The third kappa shape index (κ3) is 16.9. The van der Waals surface area contributed by atoms with Gasteiger partial charge in [-0.05, 0) is 96.7 Å². The van der Waals surface area contributed by atoms with Crippen LogP contribution in [0.5, 0.6) is 23.0 Å². The van der Waals surface area contributed by atoms with Crippen molar-refractivity contribution in [3.8, 4) is 23.0 Å². The summed E-state index contributed by atoms with van der Waals surface area (Å²) in [4.78, 5) is 8.53. The molecule has 0 unspecified atom stereocenters. The predicted molar refractivity (Wildman–Crippen MR) is 192 cm³/mol. The van der Waals surface area contributed by atoms with Gasteiger partial charge in [0.25, 0.3) is 0 Å². The maximum absolute atomic E-state index is 11.6. The molecule has 4 aromatic rings. The fraction of sp³-hybridized carbons (Fsp3) is 0.235. The van der Waals surface area contributed by atoms with E-state index in [1.165, 1.54) is 12.1 Å². The van der Waals surface area contributed by atoms with E-state index in [4.69, 9.17) is 0 Å². The van der Waals surface area contributed by atoms with Gasteiger partial charge in [0.15, 0.2) is 0 Å². The molecule has 0 heterocycles. The van der Waals surface area contributed by atoms with Crippen LogP contribution in [0.25, 0.3) is 0 Å². The number of rotatable bonds is 14. The third-order valence-electron chi connectivity index (χ3n) is 6.36. The van der Waals surface area contributed by atoms with Gasteiger partial charge < -0.3 is 31.1 Å². The minimum Gasteiger partial charge on any atom is -0.872 e. The molecule has 0 spiro atoms. The number of halogens is 4. The van der Waals surface area contributed by atoms with Gasteiger partial charge in [-0.25, -0.2) is 0 Å². The Bertz CT molecular complexity index is 1510. The summed E-state index contributed by atoms with van der Waals surface area (Å²) < 4.78 is 3.53. The normalized spacial score (nSPS) is 10.8. The number of hydrogen-bond donors (Lipinski definition) is 2.